The molecule has 0 saturated carbocycles. The zero-order valence-electron chi connectivity index (χ0n) is 10.8. The summed E-state index contributed by atoms with van der Waals surface area (Å²) in [7, 11) is 3.41. The third-order valence-corrected chi connectivity index (χ3v) is 2.03. The number of aromatic nitrogens is 3. The smallest absolute Gasteiger partial charge is 0.323 e. The first kappa shape index (κ1) is 13.9. The highest BCUT2D eigenvalue weighted by Gasteiger charge is 2.06. The van der Waals surface area contributed by atoms with Gasteiger partial charge in [-0.2, -0.15) is 15.0 Å². The minimum Gasteiger partial charge on any atom is -0.464 e. The Kier molecular flexibility index (Phi) is 5.09. The van der Waals surface area contributed by atoms with Crippen LogP contribution in [0.25, 0.3) is 0 Å². The average molecular weight is 254 g/mol. The van der Waals surface area contributed by atoms with Crippen molar-refractivity contribution in [3.05, 3.63) is 0 Å². The number of carbonyl (C=O) groups is 1. The van der Waals surface area contributed by atoms with Crippen LogP contribution in [-0.4, -0.2) is 53.0 Å². The van der Waals surface area contributed by atoms with E-state index in [2.05, 4.69) is 20.3 Å². The molecule has 1 amide bonds. The van der Waals surface area contributed by atoms with Gasteiger partial charge in [0.05, 0.1) is 6.61 Å². The first-order chi connectivity index (χ1) is 8.52. The molecule has 0 fully saturated rings. The number of hydrogen-bond acceptors (Lipinski definition) is 7. The first-order valence-corrected chi connectivity index (χ1v) is 5.61. The van der Waals surface area contributed by atoms with Crippen molar-refractivity contribution in [1.29, 1.82) is 0 Å². The molecule has 0 saturated heterocycles. The van der Waals surface area contributed by atoms with Gasteiger partial charge in [0.1, 0.15) is 0 Å². The minimum absolute atomic E-state index is 0.0227. The van der Waals surface area contributed by atoms with E-state index in [4.69, 9.17) is 10.5 Å². The normalized spacial score (nSPS) is 9.94. The average Bonchev–Trinajstić information content (AvgIpc) is 2.28. The molecule has 0 aliphatic heterocycles. The molecule has 1 aromatic heterocycles. The summed E-state index contributed by atoms with van der Waals surface area (Å²) in [4.78, 5) is 24.6. The number of ether oxygens (including phenoxy) is 1. The molecule has 0 radical (unpaired) electrons. The topological polar surface area (TPSA) is 106 Å². The van der Waals surface area contributed by atoms with Crippen molar-refractivity contribution in [1.82, 2.24) is 19.9 Å². The van der Waals surface area contributed by atoms with E-state index in [-0.39, 0.29) is 17.9 Å². The lowest BCUT2D eigenvalue weighted by molar-refractivity contribution is -0.128. The minimum atomic E-state index is 0.0227. The van der Waals surface area contributed by atoms with Crippen molar-refractivity contribution in [3.63, 3.8) is 0 Å². The van der Waals surface area contributed by atoms with Crippen LogP contribution in [0.2, 0.25) is 0 Å². The number of nitrogens with zero attached hydrogens (tertiary/aromatic N) is 4. The van der Waals surface area contributed by atoms with Crippen LogP contribution in [0.5, 0.6) is 6.01 Å². The summed E-state index contributed by atoms with van der Waals surface area (Å²) < 4.78 is 5.14. The number of nitrogens with two attached hydrogens (primary N) is 1. The highest BCUT2D eigenvalue weighted by Crippen LogP contribution is 2.08. The Morgan fingerprint density at radius 1 is 1.39 bits per heavy atom. The highest BCUT2D eigenvalue weighted by atomic mass is 16.5. The number of nitrogens with one attached hydrogen (secondary N) is 1. The van der Waals surface area contributed by atoms with E-state index >= 15 is 0 Å². The molecule has 0 bridgehead atoms. The molecule has 18 heavy (non-hydrogen) atoms. The fourth-order valence-corrected chi connectivity index (χ4v) is 1.15. The van der Waals surface area contributed by atoms with Gasteiger partial charge in [-0.3, -0.25) is 4.79 Å². The van der Waals surface area contributed by atoms with Crippen molar-refractivity contribution in [2.24, 2.45) is 0 Å². The van der Waals surface area contributed by atoms with E-state index in [1.54, 1.807) is 14.1 Å². The van der Waals surface area contributed by atoms with Gasteiger partial charge in [-0.15, -0.1) is 0 Å². The van der Waals surface area contributed by atoms with Crippen molar-refractivity contribution in [2.75, 3.05) is 38.3 Å². The largest absolute Gasteiger partial charge is 0.464 e. The van der Waals surface area contributed by atoms with E-state index in [0.29, 0.717) is 25.5 Å². The Hall–Kier alpha value is -2.12. The zero-order valence-corrected chi connectivity index (χ0v) is 10.8. The second-order valence-electron chi connectivity index (χ2n) is 3.70. The van der Waals surface area contributed by atoms with Crippen LogP contribution in [0.4, 0.5) is 11.9 Å². The third-order valence-electron chi connectivity index (χ3n) is 2.03. The number of carbonyl (C=O) groups excluding carboxylic acids is 1. The molecule has 0 aliphatic carbocycles. The van der Waals surface area contributed by atoms with Gasteiger partial charge in [-0.05, 0) is 6.92 Å². The van der Waals surface area contributed by atoms with Crippen molar-refractivity contribution >= 4 is 17.8 Å². The Morgan fingerprint density at radius 3 is 2.72 bits per heavy atom. The van der Waals surface area contributed by atoms with Crippen LogP contribution in [0.3, 0.4) is 0 Å². The number of hydrogen-bond donors (Lipinski definition) is 2. The second-order valence-corrected chi connectivity index (χ2v) is 3.70. The van der Waals surface area contributed by atoms with Crippen LogP contribution in [0.1, 0.15) is 13.3 Å². The maximum absolute atomic E-state index is 11.4. The van der Waals surface area contributed by atoms with E-state index in [0.717, 1.165) is 0 Å². The lowest BCUT2D eigenvalue weighted by Gasteiger charge is -2.10. The lowest BCUT2D eigenvalue weighted by atomic mass is 10.4. The summed E-state index contributed by atoms with van der Waals surface area (Å²) in [5, 5.41) is 2.90. The molecule has 1 aromatic rings. The van der Waals surface area contributed by atoms with Gasteiger partial charge in [0.2, 0.25) is 17.8 Å². The molecule has 0 spiro atoms. The molecular formula is C10H18N6O2. The molecule has 0 atom stereocenters. The maximum atomic E-state index is 11.4. The summed E-state index contributed by atoms with van der Waals surface area (Å²) in [6.45, 7) is 2.69. The maximum Gasteiger partial charge on any atom is 0.323 e. The number of amides is 1. The standard InChI is InChI=1S/C10H18N6O2/c1-4-18-10-14-8(11)13-9(15-10)12-6-5-7(17)16(2)3/h4-6H2,1-3H3,(H3,11,12,13,14,15). The van der Waals surface area contributed by atoms with Crippen molar-refractivity contribution < 1.29 is 9.53 Å². The van der Waals surface area contributed by atoms with Gasteiger partial charge in [-0.1, -0.05) is 0 Å². The Bertz CT molecular complexity index is 409. The fourth-order valence-electron chi connectivity index (χ4n) is 1.15. The van der Waals surface area contributed by atoms with Crippen molar-refractivity contribution in [2.45, 2.75) is 13.3 Å². The van der Waals surface area contributed by atoms with E-state index in [1.807, 2.05) is 6.92 Å². The van der Waals surface area contributed by atoms with Crippen LogP contribution < -0.4 is 15.8 Å². The quantitative estimate of drug-likeness (QED) is 0.720. The monoisotopic (exact) mass is 254 g/mol. The van der Waals surface area contributed by atoms with Crippen LogP contribution in [0, 0.1) is 0 Å². The predicted molar refractivity (Wildman–Crippen MR) is 67.2 cm³/mol. The van der Waals surface area contributed by atoms with Gasteiger partial charge in [-0.25, -0.2) is 0 Å². The van der Waals surface area contributed by atoms with Gasteiger partial charge in [0, 0.05) is 27.1 Å². The number of anilines is 2. The molecule has 8 nitrogen and oxygen atoms in total. The molecule has 0 aromatic carbocycles. The number of nitrogen functional groups attached to an aromatic ring is 1. The van der Waals surface area contributed by atoms with Gasteiger partial charge >= 0.3 is 6.01 Å². The van der Waals surface area contributed by atoms with Gasteiger partial charge in [0.15, 0.2) is 0 Å². The zero-order chi connectivity index (χ0) is 13.5. The summed E-state index contributed by atoms with van der Waals surface area (Å²) in [6, 6.07) is 0.173. The van der Waals surface area contributed by atoms with E-state index < -0.39 is 0 Å². The fraction of sp³-hybridized carbons (Fsp3) is 0.600. The van der Waals surface area contributed by atoms with Crippen molar-refractivity contribution in [3.8, 4) is 6.01 Å². The summed E-state index contributed by atoms with van der Waals surface area (Å²) in [6.07, 6.45) is 0.350. The van der Waals surface area contributed by atoms with Crippen LogP contribution in [-0.2, 0) is 4.79 Å². The second kappa shape index (κ2) is 6.58. The molecule has 8 heteroatoms. The molecule has 0 unspecified atom stereocenters. The van der Waals surface area contributed by atoms with Gasteiger partial charge < -0.3 is 20.7 Å². The first-order valence-electron chi connectivity index (χ1n) is 5.61. The van der Waals surface area contributed by atoms with E-state index in [1.165, 1.54) is 4.90 Å². The molecule has 100 valence electrons. The highest BCUT2D eigenvalue weighted by molar-refractivity contribution is 5.75. The number of rotatable bonds is 6. The summed E-state index contributed by atoms with van der Waals surface area (Å²) in [5.74, 6) is 0.405. The van der Waals surface area contributed by atoms with E-state index in [9.17, 15) is 4.79 Å². The molecule has 3 N–H and O–H groups in total. The van der Waals surface area contributed by atoms with Crippen LogP contribution in [0.15, 0.2) is 0 Å². The lowest BCUT2D eigenvalue weighted by Crippen LogP contribution is -2.24. The van der Waals surface area contributed by atoms with Gasteiger partial charge in [0.25, 0.3) is 0 Å². The SMILES string of the molecule is CCOc1nc(N)nc(NCCC(=O)N(C)C)n1. The third kappa shape index (κ3) is 4.40. The van der Waals surface area contributed by atoms with Crippen LogP contribution >= 0.6 is 0 Å². The Morgan fingerprint density at radius 2 is 2.11 bits per heavy atom. The Labute approximate surface area is 106 Å². The molecule has 0 aliphatic rings. The molecular weight excluding hydrogens is 236 g/mol. The predicted octanol–water partition coefficient (Wildman–Crippen LogP) is -0.257. The molecule has 1 rings (SSSR count). The Balaban J connectivity index is 2.54. The molecule has 1 heterocycles. The summed E-state index contributed by atoms with van der Waals surface area (Å²) >= 11 is 0. The summed E-state index contributed by atoms with van der Waals surface area (Å²) in [5.41, 5.74) is 5.51.